The van der Waals surface area contributed by atoms with Crippen molar-refractivity contribution in [2.24, 2.45) is 5.92 Å². The van der Waals surface area contributed by atoms with E-state index in [1.807, 2.05) is 0 Å². The fourth-order valence-corrected chi connectivity index (χ4v) is 3.87. The predicted octanol–water partition coefficient (Wildman–Crippen LogP) is 4.90. The largest absolute Gasteiger partial charge is 0.465 e. The number of hydrogen-bond donors (Lipinski definition) is 0. The molecular weight excluding hydrogens is 423 g/mol. The third kappa shape index (κ3) is 3.55. The van der Waals surface area contributed by atoms with Gasteiger partial charge in [-0.15, -0.1) is 0 Å². The van der Waals surface area contributed by atoms with E-state index < -0.39 is 63.7 Å². The van der Waals surface area contributed by atoms with Gasteiger partial charge in [-0.1, -0.05) is 36.4 Å². The van der Waals surface area contributed by atoms with Crippen LogP contribution in [-0.2, 0) is 30.9 Å². The maximum atomic E-state index is 15.1. The van der Waals surface area contributed by atoms with Crippen LogP contribution in [0.3, 0.4) is 0 Å². The van der Waals surface area contributed by atoms with Crippen molar-refractivity contribution >= 4 is 11.9 Å². The minimum absolute atomic E-state index is 0.161. The zero-order valence-corrected chi connectivity index (χ0v) is 16.6. The molecule has 4 nitrogen and oxygen atoms in total. The van der Waals surface area contributed by atoms with Crippen molar-refractivity contribution in [2.75, 3.05) is 13.2 Å². The molecular formula is C22H19F5O4. The molecule has 9 heteroatoms. The van der Waals surface area contributed by atoms with Crippen LogP contribution >= 0.6 is 0 Å². The van der Waals surface area contributed by atoms with Gasteiger partial charge in [0.05, 0.1) is 18.8 Å². The van der Waals surface area contributed by atoms with E-state index in [1.54, 1.807) is 0 Å². The molecule has 0 aliphatic heterocycles. The zero-order chi connectivity index (χ0) is 23.0. The van der Waals surface area contributed by atoms with Gasteiger partial charge in [-0.3, -0.25) is 9.59 Å². The second-order valence-corrected chi connectivity index (χ2v) is 6.90. The van der Waals surface area contributed by atoms with E-state index in [9.17, 15) is 14.0 Å². The number of fused-ring (bicyclic) bond motifs is 2. The molecule has 0 saturated heterocycles. The summed E-state index contributed by atoms with van der Waals surface area (Å²) in [7, 11) is 0. The molecule has 0 radical (unpaired) electrons. The van der Waals surface area contributed by atoms with Gasteiger partial charge in [0.15, 0.2) is 5.92 Å². The van der Waals surface area contributed by atoms with E-state index in [0.29, 0.717) is 6.07 Å². The van der Waals surface area contributed by atoms with E-state index in [1.165, 1.54) is 19.9 Å². The minimum atomic E-state index is -4.95. The number of esters is 2. The average molecular weight is 442 g/mol. The Morgan fingerprint density at radius 2 is 1.42 bits per heavy atom. The first-order valence-corrected chi connectivity index (χ1v) is 9.56. The number of ether oxygens (including phenoxy) is 2. The molecule has 0 heterocycles. The van der Waals surface area contributed by atoms with Gasteiger partial charge >= 0.3 is 23.8 Å². The fourth-order valence-electron chi connectivity index (χ4n) is 3.87. The number of carbonyl (C=O) groups is 2. The van der Waals surface area contributed by atoms with E-state index in [0.717, 1.165) is 30.3 Å². The maximum absolute atomic E-state index is 15.1. The summed E-state index contributed by atoms with van der Waals surface area (Å²) >= 11 is 0. The molecule has 0 amide bonds. The molecule has 31 heavy (non-hydrogen) atoms. The Bertz CT molecular complexity index is 987. The van der Waals surface area contributed by atoms with E-state index in [2.05, 4.69) is 0 Å². The van der Waals surface area contributed by atoms with E-state index in [4.69, 9.17) is 9.47 Å². The van der Waals surface area contributed by atoms with Crippen LogP contribution in [0.25, 0.3) is 0 Å². The SMILES string of the molecule is CCOC(=O)C(C(=O)OCC)C1c2ccccc2C(F)(F)C(F)(F)c2c(F)cccc21. The van der Waals surface area contributed by atoms with Crippen molar-refractivity contribution < 1.29 is 41.0 Å². The first-order valence-electron chi connectivity index (χ1n) is 9.56. The molecule has 1 unspecified atom stereocenters. The number of carbonyl (C=O) groups excluding carboxylic acids is 2. The average Bonchev–Trinajstić information content (AvgIpc) is 2.76. The van der Waals surface area contributed by atoms with Crippen LogP contribution < -0.4 is 0 Å². The van der Waals surface area contributed by atoms with Gasteiger partial charge in [-0.05, 0) is 31.0 Å². The standard InChI is InChI=1S/C22H19F5O4/c1-3-30-19(28)17(20(29)31-4-2)16-12-8-5-6-10-14(12)21(24,25)22(26,27)18-13(16)9-7-11-15(18)23/h5-11,16-17H,3-4H2,1-2H3. The van der Waals surface area contributed by atoms with Crippen molar-refractivity contribution in [1.82, 2.24) is 0 Å². The lowest BCUT2D eigenvalue weighted by Crippen LogP contribution is -2.36. The summed E-state index contributed by atoms with van der Waals surface area (Å²) in [4.78, 5) is 25.4. The van der Waals surface area contributed by atoms with Crippen LogP contribution in [0.4, 0.5) is 22.0 Å². The summed E-state index contributed by atoms with van der Waals surface area (Å²) in [5, 5.41) is 0. The zero-order valence-electron chi connectivity index (χ0n) is 16.6. The number of halogens is 5. The van der Waals surface area contributed by atoms with Crippen molar-refractivity contribution in [3.8, 4) is 0 Å². The third-order valence-electron chi connectivity index (χ3n) is 5.14. The molecule has 2 aromatic carbocycles. The summed E-state index contributed by atoms with van der Waals surface area (Å²) < 4.78 is 84.8. The van der Waals surface area contributed by atoms with Crippen LogP contribution in [0.15, 0.2) is 42.5 Å². The number of alkyl halides is 4. The highest BCUT2D eigenvalue weighted by Crippen LogP contribution is 2.57. The first-order chi connectivity index (χ1) is 14.6. The quantitative estimate of drug-likeness (QED) is 0.376. The maximum Gasteiger partial charge on any atom is 0.342 e. The summed E-state index contributed by atoms with van der Waals surface area (Å²) in [6.45, 7) is 2.59. The van der Waals surface area contributed by atoms with Gasteiger partial charge in [0.25, 0.3) is 0 Å². The lowest BCUT2D eigenvalue weighted by atomic mass is 9.78. The summed E-state index contributed by atoms with van der Waals surface area (Å²) in [5.41, 5.74) is -3.71. The third-order valence-corrected chi connectivity index (χ3v) is 5.14. The number of benzene rings is 2. The molecule has 1 atom stereocenters. The van der Waals surface area contributed by atoms with Crippen LogP contribution in [-0.4, -0.2) is 25.2 Å². The smallest absolute Gasteiger partial charge is 0.342 e. The van der Waals surface area contributed by atoms with Crippen molar-refractivity contribution in [3.05, 3.63) is 70.5 Å². The van der Waals surface area contributed by atoms with Gasteiger partial charge in [0.1, 0.15) is 5.82 Å². The molecule has 0 spiro atoms. The molecule has 2 aromatic rings. The predicted molar refractivity (Wildman–Crippen MR) is 99.2 cm³/mol. The fraction of sp³-hybridized carbons (Fsp3) is 0.364. The van der Waals surface area contributed by atoms with Crippen LogP contribution in [0.5, 0.6) is 0 Å². The Balaban J connectivity index is 2.42. The van der Waals surface area contributed by atoms with Gasteiger partial charge < -0.3 is 9.47 Å². The first kappa shape index (κ1) is 22.7. The van der Waals surface area contributed by atoms with E-state index in [-0.39, 0.29) is 13.2 Å². The van der Waals surface area contributed by atoms with Crippen molar-refractivity contribution in [3.63, 3.8) is 0 Å². The Morgan fingerprint density at radius 3 is 2.00 bits per heavy atom. The van der Waals surface area contributed by atoms with E-state index >= 15 is 17.6 Å². The van der Waals surface area contributed by atoms with Crippen LogP contribution in [0.1, 0.15) is 42.0 Å². The Morgan fingerprint density at radius 1 is 0.871 bits per heavy atom. The van der Waals surface area contributed by atoms with Crippen LogP contribution in [0, 0.1) is 11.7 Å². The lowest BCUT2D eigenvalue weighted by Gasteiger charge is -2.27. The summed E-state index contributed by atoms with van der Waals surface area (Å²) in [5.74, 6) is -17.2. The molecule has 0 aromatic heterocycles. The number of hydrogen-bond acceptors (Lipinski definition) is 4. The highest BCUT2D eigenvalue weighted by atomic mass is 19.3. The molecule has 0 N–H and O–H groups in total. The lowest BCUT2D eigenvalue weighted by molar-refractivity contribution is -0.224. The Hall–Kier alpha value is -2.97. The van der Waals surface area contributed by atoms with Crippen LogP contribution in [0.2, 0.25) is 0 Å². The van der Waals surface area contributed by atoms with Crippen molar-refractivity contribution in [1.29, 1.82) is 0 Å². The monoisotopic (exact) mass is 442 g/mol. The minimum Gasteiger partial charge on any atom is -0.465 e. The van der Waals surface area contributed by atoms with Crippen molar-refractivity contribution in [2.45, 2.75) is 31.6 Å². The topological polar surface area (TPSA) is 52.6 Å². The molecule has 166 valence electrons. The normalized spacial score (nSPS) is 18.5. The highest BCUT2D eigenvalue weighted by molar-refractivity contribution is 5.97. The molecule has 1 aliphatic rings. The second-order valence-electron chi connectivity index (χ2n) is 6.90. The highest BCUT2D eigenvalue weighted by Gasteiger charge is 2.64. The van der Waals surface area contributed by atoms with Gasteiger partial charge in [-0.2, -0.15) is 17.6 Å². The number of rotatable bonds is 5. The molecule has 1 aliphatic carbocycles. The summed E-state index contributed by atoms with van der Waals surface area (Å²) in [6, 6.07) is 6.98. The Kier molecular flexibility index (Phi) is 6.07. The van der Waals surface area contributed by atoms with Gasteiger partial charge in [-0.25, -0.2) is 4.39 Å². The molecule has 0 saturated carbocycles. The molecule has 0 fully saturated rings. The molecule has 0 bridgehead atoms. The molecule has 3 rings (SSSR count). The van der Waals surface area contributed by atoms with Gasteiger partial charge in [0, 0.05) is 11.5 Å². The second kappa shape index (κ2) is 8.28. The summed E-state index contributed by atoms with van der Waals surface area (Å²) in [6.07, 6.45) is 0. The Labute approximate surface area is 175 Å². The van der Waals surface area contributed by atoms with Gasteiger partial charge in [0.2, 0.25) is 0 Å².